The number of nitrogens with one attached hydrogen (secondary N) is 1. The molecule has 0 saturated heterocycles. The fraction of sp³-hybridized carbons (Fsp3) is 0.348. The largest absolute Gasteiger partial charge is 0.486 e. The van der Waals surface area contributed by atoms with Crippen molar-refractivity contribution in [2.45, 2.75) is 33.7 Å². The van der Waals surface area contributed by atoms with E-state index in [-0.39, 0.29) is 17.9 Å². The van der Waals surface area contributed by atoms with Crippen molar-refractivity contribution >= 4 is 16.9 Å². The van der Waals surface area contributed by atoms with Gasteiger partial charge < -0.3 is 14.8 Å². The van der Waals surface area contributed by atoms with Crippen molar-refractivity contribution in [1.29, 1.82) is 0 Å². The Morgan fingerprint density at radius 3 is 2.34 bits per heavy atom. The van der Waals surface area contributed by atoms with Crippen LogP contribution in [0.4, 0.5) is 0 Å². The number of nitrogens with zero attached hydrogens (tertiary/aromatic N) is 2. The van der Waals surface area contributed by atoms with E-state index in [4.69, 9.17) is 9.47 Å². The number of ether oxygens (including phenoxy) is 2. The molecular weight excluding hydrogens is 366 g/mol. The van der Waals surface area contributed by atoms with Gasteiger partial charge in [-0.2, -0.15) is 0 Å². The van der Waals surface area contributed by atoms with E-state index in [2.05, 4.69) is 29.1 Å². The summed E-state index contributed by atoms with van der Waals surface area (Å²) in [6, 6.07) is 11.1. The molecule has 0 aliphatic carbocycles. The third kappa shape index (κ3) is 3.88. The van der Waals surface area contributed by atoms with Crippen molar-refractivity contribution in [1.82, 2.24) is 15.3 Å². The summed E-state index contributed by atoms with van der Waals surface area (Å²) >= 11 is 0. The van der Waals surface area contributed by atoms with Crippen LogP contribution in [0.5, 0.6) is 11.5 Å². The van der Waals surface area contributed by atoms with Crippen LogP contribution in [-0.4, -0.2) is 29.1 Å². The molecule has 0 saturated carbocycles. The van der Waals surface area contributed by atoms with Crippen molar-refractivity contribution in [2.24, 2.45) is 5.92 Å². The first-order valence-corrected chi connectivity index (χ1v) is 9.88. The number of hydrogen-bond acceptors (Lipinski definition) is 5. The molecule has 0 spiro atoms. The monoisotopic (exact) mass is 391 g/mol. The average Bonchev–Trinajstić information content (AvgIpc) is 2.71. The van der Waals surface area contributed by atoms with Crippen LogP contribution in [0.2, 0.25) is 0 Å². The minimum Gasteiger partial charge on any atom is -0.486 e. The van der Waals surface area contributed by atoms with Gasteiger partial charge in [-0.05, 0) is 55.7 Å². The number of hydrogen-bond donors (Lipinski definition) is 1. The van der Waals surface area contributed by atoms with Gasteiger partial charge in [-0.25, -0.2) is 9.97 Å². The zero-order valence-corrected chi connectivity index (χ0v) is 17.2. The lowest BCUT2D eigenvalue weighted by Gasteiger charge is -2.25. The molecule has 0 bridgehead atoms. The average molecular weight is 391 g/mol. The quantitative estimate of drug-likeness (QED) is 0.723. The van der Waals surface area contributed by atoms with Gasteiger partial charge in [0.15, 0.2) is 11.5 Å². The Hall–Kier alpha value is -3.15. The van der Waals surface area contributed by atoms with Crippen LogP contribution in [0.1, 0.15) is 47.2 Å². The topological polar surface area (TPSA) is 73.3 Å². The smallest absolute Gasteiger partial charge is 0.251 e. The lowest BCUT2D eigenvalue weighted by atomic mass is 9.95. The van der Waals surface area contributed by atoms with E-state index in [0.717, 1.165) is 39.5 Å². The first-order valence-electron chi connectivity index (χ1n) is 9.88. The zero-order valence-electron chi connectivity index (χ0n) is 17.2. The van der Waals surface area contributed by atoms with E-state index < -0.39 is 0 Å². The number of aryl methyl sites for hydroxylation is 2. The molecule has 1 atom stereocenters. The molecule has 150 valence electrons. The van der Waals surface area contributed by atoms with E-state index >= 15 is 0 Å². The molecular formula is C23H25N3O3. The lowest BCUT2D eigenvalue weighted by molar-refractivity contribution is 0.0925. The summed E-state index contributed by atoms with van der Waals surface area (Å²) in [5, 5.41) is 3.16. The zero-order chi connectivity index (χ0) is 20.5. The van der Waals surface area contributed by atoms with Crippen molar-refractivity contribution < 1.29 is 14.3 Å². The molecule has 1 unspecified atom stereocenters. The van der Waals surface area contributed by atoms with Gasteiger partial charge >= 0.3 is 0 Å². The van der Waals surface area contributed by atoms with E-state index in [1.54, 1.807) is 12.1 Å². The summed E-state index contributed by atoms with van der Waals surface area (Å²) in [5.74, 6) is 1.53. The number of benzene rings is 2. The maximum atomic E-state index is 13.0. The molecule has 0 fully saturated rings. The number of amides is 1. The summed E-state index contributed by atoms with van der Waals surface area (Å²) in [4.78, 5) is 22.1. The Balaban J connectivity index is 1.61. The molecule has 1 aliphatic rings. The number of carbonyl (C=O) groups is 1. The Bertz CT molecular complexity index is 1080. The second-order valence-electron chi connectivity index (χ2n) is 7.70. The summed E-state index contributed by atoms with van der Waals surface area (Å²) < 4.78 is 11.3. The van der Waals surface area contributed by atoms with Gasteiger partial charge in [0.1, 0.15) is 13.2 Å². The van der Waals surface area contributed by atoms with E-state index in [1.165, 1.54) is 0 Å². The molecule has 1 aromatic heterocycles. The third-order valence-corrected chi connectivity index (χ3v) is 5.22. The Labute approximate surface area is 170 Å². The minimum absolute atomic E-state index is 0.138. The molecule has 3 aromatic rings. The summed E-state index contributed by atoms with van der Waals surface area (Å²) in [6.45, 7) is 9.11. The predicted octanol–water partition coefficient (Wildman–Crippen LogP) is 4.14. The van der Waals surface area contributed by atoms with Crippen LogP contribution in [0, 0.1) is 19.8 Å². The van der Waals surface area contributed by atoms with E-state index in [9.17, 15) is 4.79 Å². The molecule has 1 N–H and O–H groups in total. The van der Waals surface area contributed by atoms with Gasteiger partial charge in [0.25, 0.3) is 5.91 Å². The number of rotatable bonds is 4. The first-order chi connectivity index (χ1) is 13.9. The standard InChI is InChI=1S/C23H25N3O3/c1-13(2)22(16-6-8-20-21(12-16)29-10-9-28-20)26-23(27)17-5-7-18-19(11-17)25-15(4)14(3)24-18/h5-8,11-13,22H,9-10H2,1-4H3,(H,26,27). The Kier molecular flexibility index (Phi) is 5.09. The van der Waals surface area contributed by atoms with Crippen LogP contribution in [0.25, 0.3) is 11.0 Å². The summed E-state index contributed by atoms with van der Waals surface area (Å²) in [5.41, 5.74) is 4.83. The molecule has 2 aromatic carbocycles. The SMILES string of the molecule is Cc1nc2ccc(C(=O)NC(c3ccc4c(c3)OCCO4)C(C)C)cc2nc1C. The molecule has 1 amide bonds. The molecule has 0 radical (unpaired) electrons. The normalized spacial score (nSPS) is 14.1. The maximum Gasteiger partial charge on any atom is 0.251 e. The highest BCUT2D eigenvalue weighted by Crippen LogP contribution is 2.34. The molecule has 4 rings (SSSR count). The molecule has 1 aliphatic heterocycles. The van der Waals surface area contributed by atoms with Crippen molar-refractivity contribution in [2.75, 3.05) is 13.2 Å². The van der Waals surface area contributed by atoms with Crippen LogP contribution in [-0.2, 0) is 0 Å². The lowest BCUT2D eigenvalue weighted by Crippen LogP contribution is -2.32. The van der Waals surface area contributed by atoms with Gasteiger partial charge in [-0.3, -0.25) is 4.79 Å². The highest BCUT2D eigenvalue weighted by molar-refractivity contribution is 5.97. The second kappa shape index (κ2) is 7.70. The van der Waals surface area contributed by atoms with Crippen LogP contribution in [0.3, 0.4) is 0 Å². The second-order valence-corrected chi connectivity index (χ2v) is 7.70. The van der Waals surface area contributed by atoms with Gasteiger partial charge in [0.05, 0.1) is 28.5 Å². The number of fused-ring (bicyclic) bond motifs is 2. The Morgan fingerprint density at radius 1 is 0.931 bits per heavy atom. The summed E-state index contributed by atoms with van der Waals surface area (Å²) in [6.07, 6.45) is 0. The molecule has 6 heteroatoms. The Morgan fingerprint density at radius 2 is 1.62 bits per heavy atom. The first kappa shape index (κ1) is 19.2. The maximum absolute atomic E-state index is 13.0. The molecule has 29 heavy (non-hydrogen) atoms. The minimum atomic E-state index is -0.153. The van der Waals surface area contributed by atoms with E-state index in [0.29, 0.717) is 18.8 Å². The predicted molar refractivity (Wildman–Crippen MR) is 111 cm³/mol. The highest BCUT2D eigenvalue weighted by Gasteiger charge is 2.22. The van der Waals surface area contributed by atoms with Gasteiger partial charge in [0, 0.05) is 5.56 Å². The highest BCUT2D eigenvalue weighted by atomic mass is 16.6. The summed E-state index contributed by atoms with van der Waals surface area (Å²) in [7, 11) is 0. The van der Waals surface area contributed by atoms with Gasteiger partial charge in [-0.15, -0.1) is 0 Å². The fourth-order valence-corrected chi connectivity index (χ4v) is 3.48. The van der Waals surface area contributed by atoms with Crippen molar-refractivity contribution in [3.05, 3.63) is 58.9 Å². The van der Waals surface area contributed by atoms with Crippen molar-refractivity contribution in [3.8, 4) is 11.5 Å². The fourth-order valence-electron chi connectivity index (χ4n) is 3.48. The van der Waals surface area contributed by atoms with Crippen LogP contribution >= 0.6 is 0 Å². The number of carbonyl (C=O) groups excluding carboxylic acids is 1. The molecule has 2 heterocycles. The van der Waals surface area contributed by atoms with Crippen LogP contribution < -0.4 is 14.8 Å². The molecule has 6 nitrogen and oxygen atoms in total. The number of aromatic nitrogens is 2. The van der Waals surface area contributed by atoms with Gasteiger partial charge in [-0.1, -0.05) is 19.9 Å². The van der Waals surface area contributed by atoms with Gasteiger partial charge in [0.2, 0.25) is 0 Å². The van der Waals surface area contributed by atoms with E-state index in [1.807, 2.05) is 38.1 Å². The third-order valence-electron chi connectivity index (χ3n) is 5.22. The van der Waals surface area contributed by atoms with Crippen molar-refractivity contribution in [3.63, 3.8) is 0 Å². The van der Waals surface area contributed by atoms with Crippen LogP contribution in [0.15, 0.2) is 36.4 Å².